The molecule has 1 aromatic heterocycles. The highest BCUT2D eigenvalue weighted by Crippen LogP contribution is 2.39. The zero-order valence-corrected chi connectivity index (χ0v) is 8.21. The van der Waals surface area contributed by atoms with Crippen LogP contribution in [-0.4, -0.2) is 15.5 Å². The highest BCUT2D eigenvalue weighted by atomic mass is 19.3. The van der Waals surface area contributed by atoms with Gasteiger partial charge in [0.05, 0.1) is 0 Å². The minimum absolute atomic E-state index is 0.0324. The molecule has 1 aliphatic carbocycles. The van der Waals surface area contributed by atoms with E-state index in [1.807, 2.05) is 17.7 Å². The highest BCUT2D eigenvalue weighted by Gasteiger charge is 2.39. The van der Waals surface area contributed by atoms with Crippen molar-refractivity contribution in [2.75, 3.05) is 0 Å². The average molecular weight is 200 g/mol. The number of imidazole rings is 1. The molecule has 0 spiro atoms. The molecule has 1 unspecified atom stereocenters. The Hall–Kier alpha value is -0.930. The van der Waals surface area contributed by atoms with Crippen molar-refractivity contribution in [3.63, 3.8) is 0 Å². The maximum absolute atomic E-state index is 12.9. The van der Waals surface area contributed by atoms with Gasteiger partial charge in [-0.05, 0) is 19.3 Å². The second-order valence-electron chi connectivity index (χ2n) is 4.09. The van der Waals surface area contributed by atoms with Gasteiger partial charge in [0.1, 0.15) is 5.82 Å². The molecule has 0 saturated heterocycles. The van der Waals surface area contributed by atoms with Crippen LogP contribution in [0.25, 0.3) is 0 Å². The molecule has 1 saturated carbocycles. The summed E-state index contributed by atoms with van der Waals surface area (Å²) in [5, 5.41) is 0. The quantitative estimate of drug-likeness (QED) is 0.717. The maximum Gasteiger partial charge on any atom is 0.248 e. The first-order chi connectivity index (χ1) is 6.57. The van der Waals surface area contributed by atoms with E-state index in [1.165, 1.54) is 0 Å². The summed E-state index contributed by atoms with van der Waals surface area (Å²) in [4.78, 5) is 4.07. The van der Waals surface area contributed by atoms with Crippen molar-refractivity contribution < 1.29 is 8.78 Å². The summed E-state index contributed by atoms with van der Waals surface area (Å²) in [5.41, 5.74) is 0. The molecule has 2 nitrogen and oxygen atoms in total. The zero-order chi connectivity index (χ0) is 10.2. The molecule has 0 aliphatic heterocycles. The number of hydrogen-bond acceptors (Lipinski definition) is 1. The number of nitrogens with zero attached hydrogens (tertiary/aromatic N) is 2. The Balaban J connectivity index is 1.97. The smallest absolute Gasteiger partial charge is 0.248 e. The van der Waals surface area contributed by atoms with Gasteiger partial charge in [-0.1, -0.05) is 0 Å². The van der Waals surface area contributed by atoms with E-state index in [2.05, 4.69) is 4.98 Å². The predicted molar refractivity (Wildman–Crippen MR) is 49.3 cm³/mol. The summed E-state index contributed by atoms with van der Waals surface area (Å²) in [5.74, 6) is -1.42. The fourth-order valence-electron chi connectivity index (χ4n) is 2.07. The molecule has 1 heterocycles. The minimum atomic E-state index is -2.43. The van der Waals surface area contributed by atoms with Crippen LogP contribution in [0, 0.1) is 12.8 Å². The standard InChI is InChI=1S/C10H14F2N2/c1-8-13-4-5-14(8)7-9-2-3-10(11,12)6-9/h4-5,9H,2-3,6-7H2,1H3. The van der Waals surface area contributed by atoms with Crippen LogP contribution >= 0.6 is 0 Å². The number of alkyl halides is 2. The summed E-state index contributed by atoms with van der Waals surface area (Å²) in [6.07, 6.45) is 4.27. The molecule has 4 heteroatoms. The van der Waals surface area contributed by atoms with Crippen molar-refractivity contribution in [2.45, 2.75) is 38.7 Å². The minimum Gasteiger partial charge on any atom is -0.335 e. The van der Waals surface area contributed by atoms with E-state index in [4.69, 9.17) is 0 Å². The SMILES string of the molecule is Cc1nccn1CC1CCC(F)(F)C1. The molecule has 0 bridgehead atoms. The number of aromatic nitrogens is 2. The van der Waals surface area contributed by atoms with Crippen LogP contribution in [0.15, 0.2) is 12.4 Å². The Morgan fingerprint density at radius 3 is 2.93 bits per heavy atom. The normalized spacial score (nSPS) is 25.5. The number of rotatable bonds is 2. The Morgan fingerprint density at radius 2 is 2.43 bits per heavy atom. The molecule has 0 N–H and O–H groups in total. The van der Waals surface area contributed by atoms with Crippen LogP contribution in [0.4, 0.5) is 8.78 Å². The van der Waals surface area contributed by atoms with Gasteiger partial charge in [0.25, 0.3) is 0 Å². The van der Waals surface area contributed by atoms with Gasteiger partial charge >= 0.3 is 0 Å². The molecule has 78 valence electrons. The molecule has 2 rings (SSSR count). The lowest BCUT2D eigenvalue weighted by Gasteiger charge is -2.12. The van der Waals surface area contributed by atoms with E-state index in [0.29, 0.717) is 13.0 Å². The Morgan fingerprint density at radius 1 is 1.64 bits per heavy atom. The second-order valence-corrected chi connectivity index (χ2v) is 4.09. The fraction of sp³-hybridized carbons (Fsp3) is 0.700. The molecule has 1 aromatic rings. The van der Waals surface area contributed by atoms with Crippen molar-refractivity contribution in [2.24, 2.45) is 5.92 Å². The first-order valence-corrected chi connectivity index (χ1v) is 4.92. The molecule has 1 fully saturated rings. The van der Waals surface area contributed by atoms with Gasteiger partial charge in [-0.3, -0.25) is 0 Å². The fourth-order valence-corrected chi connectivity index (χ4v) is 2.07. The van der Waals surface area contributed by atoms with Crippen LogP contribution in [0.1, 0.15) is 25.1 Å². The molecule has 0 radical (unpaired) electrons. The van der Waals surface area contributed by atoms with Crippen LogP contribution in [0.2, 0.25) is 0 Å². The second kappa shape index (κ2) is 3.33. The third-order valence-corrected chi connectivity index (χ3v) is 2.88. The lowest BCUT2D eigenvalue weighted by Crippen LogP contribution is -2.13. The van der Waals surface area contributed by atoms with Crippen molar-refractivity contribution in [1.82, 2.24) is 9.55 Å². The van der Waals surface area contributed by atoms with Crippen molar-refractivity contribution >= 4 is 0 Å². The molecule has 1 aliphatic rings. The number of hydrogen-bond donors (Lipinski definition) is 0. The summed E-state index contributed by atoms with van der Waals surface area (Å²) in [7, 11) is 0. The average Bonchev–Trinajstić information content (AvgIpc) is 2.61. The van der Waals surface area contributed by atoms with Gasteiger partial charge < -0.3 is 4.57 Å². The molecule has 0 aromatic carbocycles. The lowest BCUT2D eigenvalue weighted by atomic mass is 10.1. The van der Waals surface area contributed by atoms with E-state index in [1.54, 1.807) is 6.20 Å². The molecule has 14 heavy (non-hydrogen) atoms. The lowest BCUT2D eigenvalue weighted by molar-refractivity contribution is 0.00433. The van der Waals surface area contributed by atoms with Crippen LogP contribution in [0.5, 0.6) is 0 Å². The van der Waals surface area contributed by atoms with E-state index in [0.717, 1.165) is 5.82 Å². The van der Waals surface area contributed by atoms with Gasteiger partial charge in [0, 0.05) is 31.8 Å². The van der Waals surface area contributed by atoms with E-state index >= 15 is 0 Å². The molecule has 0 amide bonds. The van der Waals surface area contributed by atoms with Crippen molar-refractivity contribution in [3.8, 4) is 0 Å². The van der Waals surface area contributed by atoms with Crippen molar-refractivity contribution in [1.29, 1.82) is 0 Å². The third-order valence-electron chi connectivity index (χ3n) is 2.88. The van der Waals surface area contributed by atoms with E-state index in [9.17, 15) is 8.78 Å². The molecular weight excluding hydrogens is 186 g/mol. The van der Waals surface area contributed by atoms with Gasteiger partial charge in [0.15, 0.2) is 0 Å². The molecular formula is C10H14F2N2. The van der Waals surface area contributed by atoms with Gasteiger partial charge in [-0.15, -0.1) is 0 Å². The Kier molecular flexibility index (Phi) is 2.29. The summed E-state index contributed by atoms with van der Waals surface area (Å²) < 4.78 is 27.7. The molecule has 1 atom stereocenters. The summed E-state index contributed by atoms with van der Waals surface area (Å²) >= 11 is 0. The van der Waals surface area contributed by atoms with Gasteiger partial charge in [-0.25, -0.2) is 13.8 Å². The summed E-state index contributed by atoms with van der Waals surface area (Å²) in [6.45, 7) is 2.58. The Bertz CT molecular complexity index is 320. The van der Waals surface area contributed by atoms with Crippen LogP contribution < -0.4 is 0 Å². The number of halogens is 2. The van der Waals surface area contributed by atoms with Crippen molar-refractivity contribution in [3.05, 3.63) is 18.2 Å². The largest absolute Gasteiger partial charge is 0.335 e. The van der Waals surface area contributed by atoms with E-state index < -0.39 is 5.92 Å². The predicted octanol–water partition coefficient (Wildman–Crippen LogP) is 2.63. The third kappa shape index (κ3) is 1.94. The van der Waals surface area contributed by atoms with Gasteiger partial charge in [-0.2, -0.15) is 0 Å². The topological polar surface area (TPSA) is 17.8 Å². The van der Waals surface area contributed by atoms with Crippen LogP contribution in [-0.2, 0) is 6.54 Å². The first-order valence-electron chi connectivity index (χ1n) is 4.92. The van der Waals surface area contributed by atoms with Gasteiger partial charge in [0.2, 0.25) is 5.92 Å². The van der Waals surface area contributed by atoms with E-state index in [-0.39, 0.29) is 18.8 Å². The maximum atomic E-state index is 12.9. The Labute approximate surface area is 82.0 Å². The monoisotopic (exact) mass is 200 g/mol. The zero-order valence-electron chi connectivity index (χ0n) is 8.21. The summed E-state index contributed by atoms with van der Waals surface area (Å²) in [6, 6.07) is 0. The number of aryl methyl sites for hydroxylation is 1. The highest BCUT2D eigenvalue weighted by molar-refractivity contribution is 4.91. The first kappa shape index (κ1) is 9.62. The van der Waals surface area contributed by atoms with Crippen LogP contribution in [0.3, 0.4) is 0 Å².